The fourth-order valence-electron chi connectivity index (χ4n) is 2.13. The molecule has 4 heteroatoms. The van der Waals surface area contributed by atoms with Crippen molar-refractivity contribution in [2.75, 3.05) is 13.6 Å². The molecule has 2 unspecified atom stereocenters. The van der Waals surface area contributed by atoms with Crippen LogP contribution in [-0.2, 0) is 0 Å². The predicted octanol–water partition coefficient (Wildman–Crippen LogP) is 3.69. The summed E-state index contributed by atoms with van der Waals surface area (Å²) in [4.78, 5) is 0. The first-order valence-electron chi connectivity index (χ1n) is 5.97. The molecule has 1 aliphatic carbocycles. The zero-order valence-electron chi connectivity index (χ0n) is 10.6. The van der Waals surface area contributed by atoms with Crippen molar-refractivity contribution in [3.8, 4) is 0 Å². The van der Waals surface area contributed by atoms with E-state index in [1.165, 1.54) is 6.08 Å². The van der Waals surface area contributed by atoms with Crippen molar-refractivity contribution in [1.29, 1.82) is 0 Å². The Labute approximate surface area is 101 Å². The number of halogens is 3. The molecular formula is C13H20F3N. The molecule has 0 aromatic rings. The molecule has 1 nitrogen and oxygen atoms in total. The molecule has 0 saturated heterocycles. The van der Waals surface area contributed by atoms with E-state index in [9.17, 15) is 13.2 Å². The Bertz CT molecular complexity index is 315. The number of nitrogens with one attached hydrogen (secondary N) is 1. The molecule has 0 aliphatic heterocycles. The zero-order valence-corrected chi connectivity index (χ0v) is 10.6. The van der Waals surface area contributed by atoms with Crippen LogP contribution in [-0.4, -0.2) is 19.8 Å². The molecule has 0 amide bonds. The Balaban J connectivity index is 2.70. The highest BCUT2D eigenvalue weighted by Gasteiger charge is 2.34. The lowest BCUT2D eigenvalue weighted by Gasteiger charge is -2.25. The van der Waals surface area contributed by atoms with E-state index in [2.05, 4.69) is 19.2 Å². The van der Waals surface area contributed by atoms with Gasteiger partial charge in [0.25, 0.3) is 0 Å². The van der Waals surface area contributed by atoms with Gasteiger partial charge in [-0.1, -0.05) is 31.6 Å². The molecule has 2 atom stereocenters. The van der Waals surface area contributed by atoms with E-state index in [0.717, 1.165) is 12.1 Å². The van der Waals surface area contributed by atoms with Gasteiger partial charge in [-0.15, -0.1) is 0 Å². The molecule has 1 N–H and O–H groups in total. The summed E-state index contributed by atoms with van der Waals surface area (Å²) in [6.07, 6.45) is -0.626. The van der Waals surface area contributed by atoms with Gasteiger partial charge in [0.2, 0.25) is 0 Å². The molecule has 0 aromatic heterocycles. The number of allylic oxidation sites excluding steroid dienone is 4. The van der Waals surface area contributed by atoms with Crippen LogP contribution in [0.4, 0.5) is 13.2 Å². The fourth-order valence-corrected chi connectivity index (χ4v) is 2.13. The third kappa shape index (κ3) is 3.87. The van der Waals surface area contributed by atoms with Crippen LogP contribution in [0.5, 0.6) is 0 Å². The van der Waals surface area contributed by atoms with Gasteiger partial charge in [0.15, 0.2) is 0 Å². The summed E-state index contributed by atoms with van der Waals surface area (Å²) >= 11 is 0. The summed E-state index contributed by atoms with van der Waals surface area (Å²) in [6, 6.07) is 0. The Kier molecular flexibility index (Phi) is 4.80. The fraction of sp³-hybridized carbons (Fsp3) is 0.692. The number of hydrogen-bond donors (Lipinski definition) is 1. The summed E-state index contributed by atoms with van der Waals surface area (Å²) in [5, 5.41) is 3.10. The van der Waals surface area contributed by atoms with E-state index in [1.807, 2.05) is 7.05 Å². The van der Waals surface area contributed by atoms with Gasteiger partial charge in [-0.25, -0.2) is 0 Å². The second-order valence-corrected chi connectivity index (χ2v) is 4.75. The molecular weight excluding hydrogens is 227 g/mol. The number of alkyl halides is 3. The molecule has 0 fully saturated rings. The minimum absolute atomic E-state index is 0.117. The lowest BCUT2D eigenvalue weighted by atomic mass is 9.83. The summed E-state index contributed by atoms with van der Waals surface area (Å²) in [7, 11) is 1.89. The van der Waals surface area contributed by atoms with E-state index in [1.54, 1.807) is 6.08 Å². The average Bonchev–Trinajstić information content (AvgIpc) is 2.27. The van der Waals surface area contributed by atoms with E-state index in [0.29, 0.717) is 18.3 Å². The molecule has 98 valence electrons. The molecule has 0 bridgehead atoms. The monoisotopic (exact) mass is 247 g/mol. The van der Waals surface area contributed by atoms with Crippen molar-refractivity contribution in [3.63, 3.8) is 0 Å². The van der Waals surface area contributed by atoms with E-state index < -0.39 is 11.7 Å². The molecule has 0 spiro atoms. The molecule has 0 radical (unpaired) electrons. The summed E-state index contributed by atoms with van der Waals surface area (Å²) in [5.74, 6) is 0.764. The van der Waals surface area contributed by atoms with Gasteiger partial charge in [0.05, 0.1) is 0 Å². The van der Waals surface area contributed by atoms with E-state index in [-0.39, 0.29) is 6.42 Å². The minimum atomic E-state index is -4.16. The lowest BCUT2D eigenvalue weighted by Crippen LogP contribution is -2.24. The third-order valence-corrected chi connectivity index (χ3v) is 3.51. The zero-order chi connectivity index (χ0) is 13.1. The molecule has 0 saturated carbocycles. The summed E-state index contributed by atoms with van der Waals surface area (Å²) in [5.41, 5.74) is 0.718. The maximum Gasteiger partial charge on any atom is 0.412 e. The number of hydrogen-bond acceptors (Lipinski definition) is 1. The number of rotatable bonds is 4. The van der Waals surface area contributed by atoms with Crippen molar-refractivity contribution in [1.82, 2.24) is 5.32 Å². The quantitative estimate of drug-likeness (QED) is 0.799. The van der Waals surface area contributed by atoms with Gasteiger partial charge in [-0.05, 0) is 38.3 Å². The standard InChI is InChI=1S/C13H20F3N/c1-9(8-17-3)10(2)11-4-6-12(7-5-11)13(14,15)16/h4,6,9-10,17H,5,7-8H2,1-3H3. The smallest absolute Gasteiger partial charge is 0.319 e. The first-order valence-corrected chi connectivity index (χ1v) is 5.97. The predicted molar refractivity (Wildman–Crippen MR) is 63.7 cm³/mol. The third-order valence-electron chi connectivity index (χ3n) is 3.51. The van der Waals surface area contributed by atoms with E-state index >= 15 is 0 Å². The Morgan fingerprint density at radius 1 is 1.24 bits per heavy atom. The second-order valence-electron chi connectivity index (χ2n) is 4.75. The highest BCUT2D eigenvalue weighted by atomic mass is 19.4. The van der Waals surface area contributed by atoms with Crippen LogP contribution >= 0.6 is 0 Å². The Morgan fingerprint density at radius 2 is 1.88 bits per heavy atom. The Morgan fingerprint density at radius 3 is 2.29 bits per heavy atom. The lowest BCUT2D eigenvalue weighted by molar-refractivity contribution is -0.0941. The average molecular weight is 247 g/mol. The van der Waals surface area contributed by atoms with E-state index in [4.69, 9.17) is 0 Å². The van der Waals surface area contributed by atoms with Crippen LogP contribution in [0.2, 0.25) is 0 Å². The molecule has 0 aromatic carbocycles. The highest BCUT2D eigenvalue weighted by molar-refractivity contribution is 5.28. The summed E-state index contributed by atoms with van der Waals surface area (Å²) in [6.45, 7) is 5.08. The topological polar surface area (TPSA) is 12.0 Å². The van der Waals surface area contributed by atoms with Gasteiger partial charge in [-0.3, -0.25) is 0 Å². The maximum atomic E-state index is 12.4. The Hall–Kier alpha value is -0.770. The SMILES string of the molecule is CNCC(C)C(C)C1=CC=C(C(F)(F)F)CC1. The largest absolute Gasteiger partial charge is 0.412 e. The van der Waals surface area contributed by atoms with Gasteiger partial charge in [0.1, 0.15) is 0 Å². The van der Waals surface area contributed by atoms with Crippen LogP contribution in [0.1, 0.15) is 26.7 Å². The second kappa shape index (κ2) is 5.71. The van der Waals surface area contributed by atoms with Gasteiger partial charge in [-0.2, -0.15) is 13.2 Å². The van der Waals surface area contributed by atoms with Crippen molar-refractivity contribution < 1.29 is 13.2 Å². The highest BCUT2D eigenvalue weighted by Crippen LogP contribution is 2.35. The maximum absolute atomic E-state index is 12.4. The van der Waals surface area contributed by atoms with Crippen LogP contribution < -0.4 is 5.32 Å². The van der Waals surface area contributed by atoms with Gasteiger partial charge < -0.3 is 5.32 Å². The van der Waals surface area contributed by atoms with Crippen LogP contribution in [0.15, 0.2) is 23.3 Å². The first kappa shape index (κ1) is 14.3. The minimum Gasteiger partial charge on any atom is -0.319 e. The van der Waals surface area contributed by atoms with Crippen molar-refractivity contribution in [3.05, 3.63) is 23.3 Å². The van der Waals surface area contributed by atoms with Crippen molar-refractivity contribution in [2.45, 2.75) is 32.9 Å². The van der Waals surface area contributed by atoms with Crippen molar-refractivity contribution >= 4 is 0 Å². The molecule has 1 aliphatic rings. The van der Waals surface area contributed by atoms with Crippen molar-refractivity contribution in [2.24, 2.45) is 11.8 Å². The summed E-state index contributed by atoms with van der Waals surface area (Å²) < 4.78 is 37.3. The van der Waals surface area contributed by atoms with Gasteiger partial charge in [0, 0.05) is 5.57 Å². The normalized spacial score (nSPS) is 20.6. The van der Waals surface area contributed by atoms with Gasteiger partial charge >= 0.3 is 6.18 Å². The molecule has 1 rings (SSSR count). The van der Waals surface area contributed by atoms with Crippen LogP contribution in [0, 0.1) is 11.8 Å². The molecule has 0 heterocycles. The van der Waals surface area contributed by atoms with Crippen LogP contribution in [0.3, 0.4) is 0 Å². The first-order chi connectivity index (χ1) is 7.86. The molecule has 17 heavy (non-hydrogen) atoms. The van der Waals surface area contributed by atoms with Crippen LogP contribution in [0.25, 0.3) is 0 Å².